The molecular weight excluding hydrogens is 300 g/mol. The molecule has 1 heterocycles. The Bertz CT molecular complexity index is 807. The van der Waals surface area contributed by atoms with E-state index in [-0.39, 0.29) is 11.5 Å². The van der Waals surface area contributed by atoms with Gasteiger partial charge in [0.2, 0.25) is 0 Å². The molecule has 0 radical (unpaired) electrons. The van der Waals surface area contributed by atoms with Crippen molar-refractivity contribution in [2.45, 2.75) is 13.0 Å². The fourth-order valence-electron chi connectivity index (χ4n) is 2.29. The summed E-state index contributed by atoms with van der Waals surface area (Å²) in [4.78, 5) is 29.3. The Morgan fingerprint density at radius 2 is 2.14 bits per heavy atom. The molecule has 0 spiro atoms. The van der Waals surface area contributed by atoms with E-state index >= 15 is 0 Å². The number of aromatic amines is 1. The minimum Gasteiger partial charge on any atom is -0.355 e. The normalized spacial score (nSPS) is 11.1. The fraction of sp³-hybridized carbons (Fsp3) is 0.400. The highest BCUT2D eigenvalue weighted by atomic mass is 32.1. The van der Waals surface area contributed by atoms with Gasteiger partial charge < -0.3 is 15.2 Å². The summed E-state index contributed by atoms with van der Waals surface area (Å²) in [5.41, 5.74) is 0.950. The zero-order valence-electron chi connectivity index (χ0n) is 13.0. The van der Waals surface area contributed by atoms with Gasteiger partial charge in [-0.1, -0.05) is 0 Å². The van der Waals surface area contributed by atoms with Gasteiger partial charge in [-0.05, 0) is 57.5 Å². The third-order valence-electron chi connectivity index (χ3n) is 3.46. The van der Waals surface area contributed by atoms with Crippen molar-refractivity contribution < 1.29 is 4.79 Å². The van der Waals surface area contributed by atoms with Crippen LogP contribution < -0.4 is 10.9 Å². The zero-order valence-corrected chi connectivity index (χ0v) is 13.8. The van der Waals surface area contributed by atoms with Crippen LogP contribution in [-0.4, -0.2) is 48.0 Å². The van der Waals surface area contributed by atoms with Gasteiger partial charge in [0.1, 0.15) is 0 Å². The number of nitrogens with zero attached hydrogens (tertiary/aromatic N) is 2. The number of rotatable bonds is 5. The van der Waals surface area contributed by atoms with Gasteiger partial charge in [-0.2, -0.15) is 0 Å². The van der Waals surface area contributed by atoms with Crippen LogP contribution in [0.25, 0.3) is 10.9 Å². The van der Waals surface area contributed by atoms with Crippen molar-refractivity contribution in [2.75, 3.05) is 27.7 Å². The van der Waals surface area contributed by atoms with Crippen molar-refractivity contribution in [3.8, 4) is 0 Å². The summed E-state index contributed by atoms with van der Waals surface area (Å²) in [6.45, 7) is 1.45. The van der Waals surface area contributed by atoms with Crippen molar-refractivity contribution in [2.24, 2.45) is 0 Å². The predicted molar refractivity (Wildman–Crippen MR) is 90.0 cm³/mol. The average molecular weight is 320 g/mol. The lowest BCUT2D eigenvalue weighted by Gasteiger charge is -2.11. The highest BCUT2D eigenvalue weighted by Crippen LogP contribution is 2.11. The van der Waals surface area contributed by atoms with E-state index in [1.54, 1.807) is 29.8 Å². The molecule has 1 amide bonds. The Morgan fingerprint density at radius 3 is 2.77 bits per heavy atom. The van der Waals surface area contributed by atoms with Gasteiger partial charge in [0.25, 0.3) is 11.5 Å². The van der Waals surface area contributed by atoms with Crippen LogP contribution in [0.1, 0.15) is 16.8 Å². The summed E-state index contributed by atoms with van der Waals surface area (Å²) in [5.74, 6) is -0.198. The third kappa shape index (κ3) is 3.42. The molecular formula is C15H20N4O2S. The summed E-state index contributed by atoms with van der Waals surface area (Å²) >= 11 is 5.28. The molecule has 0 aliphatic carbocycles. The molecule has 6 nitrogen and oxygen atoms in total. The number of fused-ring (bicyclic) bond motifs is 1. The molecule has 2 N–H and O–H groups in total. The first-order valence-electron chi connectivity index (χ1n) is 7.07. The molecule has 0 unspecified atom stereocenters. The molecule has 118 valence electrons. The molecule has 0 bridgehead atoms. The monoisotopic (exact) mass is 320 g/mol. The summed E-state index contributed by atoms with van der Waals surface area (Å²) in [7, 11) is 5.55. The minimum absolute atomic E-state index is 0.124. The molecule has 0 fully saturated rings. The van der Waals surface area contributed by atoms with Gasteiger partial charge in [-0.25, -0.2) is 0 Å². The summed E-state index contributed by atoms with van der Waals surface area (Å²) < 4.78 is 1.95. The van der Waals surface area contributed by atoms with Crippen LogP contribution in [-0.2, 0) is 6.54 Å². The maximum atomic E-state index is 12.5. The van der Waals surface area contributed by atoms with Gasteiger partial charge in [-0.3, -0.25) is 14.2 Å². The number of carbonyl (C=O) groups is 1. The minimum atomic E-state index is -0.198. The van der Waals surface area contributed by atoms with E-state index in [0.29, 0.717) is 27.8 Å². The quantitative estimate of drug-likeness (QED) is 0.817. The van der Waals surface area contributed by atoms with Crippen molar-refractivity contribution >= 4 is 29.0 Å². The second-order valence-electron chi connectivity index (χ2n) is 5.38. The van der Waals surface area contributed by atoms with Crippen LogP contribution in [0.3, 0.4) is 0 Å². The topological polar surface area (TPSA) is 70.1 Å². The Morgan fingerprint density at radius 1 is 1.41 bits per heavy atom. The van der Waals surface area contributed by atoms with Crippen LogP contribution in [0, 0.1) is 4.77 Å². The highest BCUT2D eigenvalue weighted by molar-refractivity contribution is 7.71. The molecule has 1 aromatic heterocycles. The van der Waals surface area contributed by atoms with Crippen molar-refractivity contribution in [3.63, 3.8) is 0 Å². The first-order chi connectivity index (χ1) is 10.4. The number of amides is 1. The van der Waals surface area contributed by atoms with E-state index in [1.165, 1.54) is 0 Å². The Balaban J connectivity index is 2.44. The van der Waals surface area contributed by atoms with Crippen LogP contribution in [0.5, 0.6) is 0 Å². The van der Waals surface area contributed by atoms with E-state index in [2.05, 4.69) is 15.2 Å². The first-order valence-corrected chi connectivity index (χ1v) is 7.48. The van der Waals surface area contributed by atoms with Crippen LogP contribution in [0.15, 0.2) is 23.0 Å². The number of hydrogen-bond acceptors (Lipinski definition) is 4. The van der Waals surface area contributed by atoms with Gasteiger partial charge in [0.05, 0.1) is 10.9 Å². The van der Waals surface area contributed by atoms with E-state index in [4.69, 9.17) is 12.2 Å². The van der Waals surface area contributed by atoms with Crippen molar-refractivity contribution in [1.29, 1.82) is 0 Å². The Labute approximate surface area is 133 Å². The first kappa shape index (κ1) is 16.4. The van der Waals surface area contributed by atoms with Crippen LogP contribution in [0.4, 0.5) is 0 Å². The molecule has 7 heteroatoms. The number of carbonyl (C=O) groups excluding carboxylic acids is 1. The van der Waals surface area contributed by atoms with Gasteiger partial charge >= 0.3 is 0 Å². The zero-order chi connectivity index (χ0) is 16.3. The largest absolute Gasteiger partial charge is 0.355 e. The van der Waals surface area contributed by atoms with Gasteiger partial charge in [-0.15, -0.1) is 0 Å². The number of nitrogens with one attached hydrogen (secondary N) is 2. The van der Waals surface area contributed by atoms with Crippen molar-refractivity contribution in [1.82, 2.24) is 19.8 Å². The number of benzene rings is 1. The lowest BCUT2D eigenvalue weighted by molar-refractivity contribution is 0.0963. The fourth-order valence-corrected chi connectivity index (χ4v) is 2.57. The third-order valence-corrected chi connectivity index (χ3v) is 3.78. The van der Waals surface area contributed by atoms with Gasteiger partial charge in [0.15, 0.2) is 4.77 Å². The Kier molecular flexibility index (Phi) is 5.10. The van der Waals surface area contributed by atoms with Gasteiger partial charge in [0, 0.05) is 19.2 Å². The molecule has 0 saturated carbocycles. The maximum Gasteiger partial charge on any atom is 0.262 e. The SMILES string of the molecule is CNC(=O)c1ccc2c(=O)n(CCCN(C)C)c(=S)[nH]c2c1. The molecule has 1 aromatic carbocycles. The molecule has 2 aromatic rings. The van der Waals surface area contributed by atoms with E-state index in [0.717, 1.165) is 13.0 Å². The molecule has 0 aliphatic heterocycles. The molecule has 22 heavy (non-hydrogen) atoms. The number of aromatic nitrogens is 2. The smallest absolute Gasteiger partial charge is 0.262 e. The van der Waals surface area contributed by atoms with Crippen LogP contribution >= 0.6 is 12.2 Å². The van der Waals surface area contributed by atoms with E-state index in [1.807, 2.05) is 14.1 Å². The number of hydrogen-bond donors (Lipinski definition) is 2. The van der Waals surface area contributed by atoms with E-state index < -0.39 is 0 Å². The molecule has 0 atom stereocenters. The second-order valence-corrected chi connectivity index (χ2v) is 5.77. The lowest BCUT2D eigenvalue weighted by atomic mass is 10.1. The number of H-pyrrole nitrogens is 1. The highest BCUT2D eigenvalue weighted by Gasteiger charge is 2.09. The molecule has 0 saturated heterocycles. The van der Waals surface area contributed by atoms with Crippen molar-refractivity contribution in [3.05, 3.63) is 38.9 Å². The Hall–Kier alpha value is -1.99. The predicted octanol–water partition coefficient (Wildman–Crippen LogP) is 1.37. The lowest BCUT2D eigenvalue weighted by Crippen LogP contribution is -2.25. The summed E-state index contributed by atoms with van der Waals surface area (Å²) in [5, 5.41) is 3.09. The average Bonchev–Trinajstić information content (AvgIpc) is 2.48. The summed E-state index contributed by atoms with van der Waals surface area (Å²) in [6.07, 6.45) is 0.840. The molecule has 0 aliphatic rings. The standard InChI is InChI=1S/C15H20N4O2S/c1-16-13(20)10-5-6-11-12(9-10)17-15(22)19(14(11)21)8-4-7-18(2)3/h5-6,9H,4,7-8H2,1-3H3,(H,16,20)(H,17,22). The van der Waals surface area contributed by atoms with E-state index in [9.17, 15) is 9.59 Å². The molecule has 2 rings (SSSR count). The second kappa shape index (κ2) is 6.85. The summed E-state index contributed by atoms with van der Waals surface area (Å²) in [6, 6.07) is 4.95. The maximum absolute atomic E-state index is 12.5. The van der Waals surface area contributed by atoms with Crippen LogP contribution in [0.2, 0.25) is 0 Å².